The van der Waals surface area contributed by atoms with Crippen LogP contribution in [0.5, 0.6) is 0 Å². The van der Waals surface area contributed by atoms with Gasteiger partial charge >= 0.3 is 6.03 Å². The van der Waals surface area contributed by atoms with Crippen LogP contribution in [0.3, 0.4) is 0 Å². The molecule has 3 heterocycles. The van der Waals surface area contributed by atoms with E-state index in [-0.39, 0.29) is 12.1 Å². The van der Waals surface area contributed by atoms with Crippen molar-refractivity contribution in [2.24, 2.45) is 0 Å². The van der Waals surface area contributed by atoms with Gasteiger partial charge in [0.2, 0.25) is 0 Å². The Morgan fingerprint density at radius 3 is 2.95 bits per heavy atom. The maximum absolute atomic E-state index is 11.7. The third kappa shape index (κ3) is 2.26. The van der Waals surface area contributed by atoms with Crippen molar-refractivity contribution >= 4 is 17.7 Å². The van der Waals surface area contributed by atoms with Gasteiger partial charge in [0.15, 0.2) is 0 Å². The molecule has 0 bridgehead atoms. The highest BCUT2D eigenvalue weighted by Gasteiger charge is 2.36. The number of fused-ring (bicyclic) bond motifs is 1. The molecule has 112 valence electrons. The van der Waals surface area contributed by atoms with E-state index in [1.165, 1.54) is 12.8 Å². The van der Waals surface area contributed by atoms with Crippen molar-refractivity contribution in [1.29, 1.82) is 0 Å². The molecule has 1 aromatic heterocycles. The molecule has 1 aromatic rings. The molecular weight excluding hydrogens is 268 g/mol. The Bertz CT molecular complexity index is 573. The predicted molar refractivity (Wildman–Crippen MR) is 79.7 cm³/mol. The number of nitrogens with one attached hydrogen (secondary N) is 2. The first-order valence-corrected chi connectivity index (χ1v) is 7.61. The number of rotatable bonds is 3. The van der Waals surface area contributed by atoms with Gasteiger partial charge in [-0.2, -0.15) is 0 Å². The quantitative estimate of drug-likeness (QED) is 0.852. The third-order valence-corrected chi connectivity index (χ3v) is 4.49. The zero-order valence-electron chi connectivity index (χ0n) is 12.2. The summed E-state index contributed by atoms with van der Waals surface area (Å²) >= 11 is 0. The van der Waals surface area contributed by atoms with Crippen molar-refractivity contribution in [3.63, 3.8) is 0 Å². The van der Waals surface area contributed by atoms with Gasteiger partial charge in [0, 0.05) is 45.2 Å². The van der Waals surface area contributed by atoms with Gasteiger partial charge in [-0.15, -0.1) is 0 Å². The molecule has 1 atom stereocenters. The van der Waals surface area contributed by atoms with Crippen LogP contribution in [0.4, 0.5) is 16.4 Å². The van der Waals surface area contributed by atoms with Gasteiger partial charge in [-0.3, -0.25) is 0 Å². The Hall–Kier alpha value is -2.05. The van der Waals surface area contributed by atoms with Crippen molar-refractivity contribution in [1.82, 2.24) is 20.2 Å². The molecule has 3 aliphatic rings. The second kappa shape index (κ2) is 4.75. The van der Waals surface area contributed by atoms with Crippen molar-refractivity contribution in [2.45, 2.75) is 24.8 Å². The molecule has 1 aliphatic carbocycles. The first-order valence-electron chi connectivity index (χ1n) is 7.61. The lowest BCUT2D eigenvalue weighted by molar-refractivity contribution is 0.197. The topological polar surface area (TPSA) is 73.4 Å². The number of carbonyl (C=O) groups excluding carboxylic acids is 1. The number of hydrogen-bond donors (Lipinski definition) is 2. The SMILES string of the molecule is CNc1cc(N2CCN3C(=O)NCC3C2)nc(C2CC2)n1. The summed E-state index contributed by atoms with van der Waals surface area (Å²) in [5.41, 5.74) is 0. The van der Waals surface area contributed by atoms with Crippen LogP contribution < -0.4 is 15.5 Å². The number of anilines is 2. The maximum Gasteiger partial charge on any atom is 0.317 e. The molecule has 0 aromatic carbocycles. The molecule has 0 radical (unpaired) electrons. The van der Waals surface area contributed by atoms with Gasteiger partial charge in [-0.05, 0) is 12.8 Å². The van der Waals surface area contributed by atoms with E-state index in [0.717, 1.165) is 43.6 Å². The first kappa shape index (κ1) is 12.7. The van der Waals surface area contributed by atoms with Gasteiger partial charge in [0.05, 0.1) is 6.04 Å². The van der Waals surface area contributed by atoms with Gasteiger partial charge in [0.1, 0.15) is 17.5 Å². The third-order valence-electron chi connectivity index (χ3n) is 4.49. The number of aromatic nitrogens is 2. The highest BCUT2D eigenvalue weighted by Crippen LogP contribution is 2.39. The summed E-state index contributed by atoms with van der Waals surface area (Å²) < 4.78 is 0. The summed E-state index contributed by atoms with van der Waals surface area (Å²) in [4.78, 5) is 25.2. The first-order chi connectivity index (χ1) is 10.2. The largest absolute Gasteiger partial charge is 0.373 e. The Kier molecular flexibility index (Phi) is 2.87. The zero-order valence-corrected chi connectivity index (χ0v) is 12.2. The maximum atomic E-state index is 11.7. The Labute approximate surface area is 123 Å². The number of hydrogen-bond acceptors (Lipinski definition) is 5. The molecule has 7 heteroatoms. The molecule has 2 aliphatic heterocycles. The smallest absolute Gasteiger partial charge is 0.317 e. The van der Waals surface area contributed by atoms with Crippen LogP contribution in [-0.4, -0.2) is 60.2 Å². The molecule has 21 heavy (non-hydrogen) atoms. The minimum atomic E-state index is 0.0666. The van der Waals surface area contributed by atoms with E-state index >= 15 is 0 Å². The Morgan fingerprint density at radius 2 is 2.19 bits per heavy atom. The normalized spacial score (nSPS) is 24.8. The molecule has 7 nitrogen and oxygen atoms in total. The molecule has 2 N–H and O–H groups in total. The summed E-state index contributed by atoms with van der Waals surface area (Å²) in [5.74, 6) is 3.35. The van der Waals surface area contributed by atoms with Crippen LogP contribution in [0.1, 0.15) is 24.6 Å². The molecule has 4 rings (SSSR count). The number of piperazine rings is 1. The van der Waals surface area contributed by atoms with Crippen LogP contribution in [-0.2, 0) is 0 Å². The van der Waals surface area contributed by atoms with E-state index in [0.29, 0.717) is 5.92 Å². The van der Waals surface area contributed by atoms with Gasteiger partial charge in [0.25, 0.3) is 0 Å². The molecule has 2 saturated heterocycles. The standard InChI is InChI=1S/C14H20N6O/c1-15-11-6-12(18-13(17-11)9-2-3-9)19-4-5-20-10(8-19)7-16-14(20)21/h6,9-10H,2-5,7-8H2,1H3,(H,16,21)(H,15,17,18). The van der Waals surface area contributed by atoms with Crippen LogP contribution in [0, 0.1) is 0 Å². The van der Waals surface area contributed by atoms with E-state index in [2.05, 4.69) is 20.5 Å². The summed E-state index contributed by atoms with van der Waals surface area (Å²) in [6.45, 7) is 3.15. The molecule has 3 fully saturated rings. The van der Waals surface area contributed by atoms with Crippen LogP contribution >= 0.6 is 0 Å². The molecule has 2 amide bonds. The number of urea groups is 1. The van der Waals surface area contributed by atoms with Gasteiger partial charge in [-0.1, -0.05) is 0 Å². The lowest BCUT2D eigenvalue weighted by Crippen LogP contribution is -2.52. The summed E-state index contributed by atoms with van der Waals surface area (Å²) in [7, 11) is 1.89. The summed E-state index contributed by atoms with van der Waals surface area (Å²) in [6.07, 6.45) is 2.39. The molecule has 1 saturated carbocycles. The minimum absolute atomic E-state index is 0.0666. The number of carbonyl (C=O) groups is 1. The average Bonchev–Trinajstić information content (AvgIpc) is 3.31. The van der Waals surface area contributed by atoms with Crippen LogP contribution in [0.25, 0.3) is 0 Å². The van der Waals surface area contributed by atoms with E-state index in [4.69, 9.17) is 4.98 Å². The van der Waals surface area contributed by atoms with E-state index in [9.17, 15) is 4.79 Å². The lowest BCUT2D eigenvalue weighted by atomic mass is 10.2. The van der Waals surface area contributed by atoms with E-state index in [1.807, 2.05) is 18.0 Å². The second-order valence-corrected chi connectivity index (χ2v) is 5.97. The van der Waals surface area contributed by atoms with Crippen molar-refractivity contribution in [3.05, 3.63) is 11.9 Å². The molecule has 1 unspecified atom stereocenters. The minimum Gasteiger partial charge on any atom is -0.373 e. The van der Waals surface area contributed by atoms with Crippen molar-refractivity contribution < 1.29 is 4.79 Å². The monoisotopic (exact) mass is 288 g/mol. The van der Waals surface area contributed by atoms with Gasteiger partial charge in [-0.25, -0.2) is 14.8 Å². The molecular formula is C14H20N6O. The van der Waals surface area contributed by atoms with Crippen LogP contribution in [0.2, 0.25) is 0 Å². The average molecular weight is 288 g/mol. The fourth-order valence-electron chi connectivity index (χ4n) is 3.08. The number of amides is 2. The highest BCUT2D eigenvalue weighted by atomic mass is 16.2. The Morgan fingerprint density at radius 1 is 1.33 bits per heavy atom. The molecule has 0 spiro atoms. The summed E-state index contributed by atoms with van der Waals surface area (Å²) in [6, 6.07) is 2.33. The van der Waals surface area contributed by atoms with Crippen LogP contribution in [0.15, 0.2) is 6.07 Å². The number of nitrogens with zero attached hydrogens (tertiary/aromatic N) is 4. The van der Waals surface area contributed by atoms with Gasteiger partial charge < -0.3 is 20.4 Å². The summed E-state index contributed by atoms with van der Waals surface area (Å²) in [5, 5.41) is 6.04. The van der Waals surface area contributed by atoms with Crippen molar-refractivity contribution in [2.75, 3.05) is 43.4 Å². The van der Waals surface area contributed by atoms with Crippen molar-refractivity contribution in [3.8, 4) is 0 Å². The second-order valence-electron chi connectivity index (χ2n) is 5.97. The van der Waals surface area contributed by atoms with E-state index in [1.54, 1.807) is 0 Å². The Balaban J connectivity index is 1.58. The lowest BCUT2D eigenvalue weighted by Gasteiger charge is -2.37. The van der Waals surface area contributed by atoms with E-state index < -0.39 is 0 Å². The fourth-order valence-corrected chi connectivity index (χ4v) is 3.08. The highest BCUT2D eigenvalue weighted by molar-refractivity contribution is 5.77. The zero-order chi connectivity index (χ0) is 14.4. The fraction of sp³-hybridized carbons (Fsp3) is 0.643. The predicted octanol–water partition coefficient (Wildman–Crippen LogP) is 0.609.